The van der Waals surface area contributed by atoms with Crippen LogP contribution >= 0.6 is 11.3 Å². The highest BCUT2D eigenvalue weighted by atomic mass is 32.1. The predicted octanol–water partition coefficient (Wildman–Crippen LogP) is 4.05. The summed E-state index contributed by atoms with van der Waals surface area (Å²) < 4.78 is 10.8. The van der Waals surface area contributed by atoms with Crippen molar-refractivity contribution in [2.75, 3.05) is 19.0 Å². The number of thiazole rings is 1. The average Bonchev–Trinajstić information content (AvgIpc) is 3.15. The van der Waals surface area contributed by atoms with Crippen LogP contribution < -0.4 is 14.8 Å². The number of aromatic nitrogens is 1. The number of amides is 1. The molecule has 28 heavy (non-hydrogen) atoms. The van der Waals surface area contributed by atoms with Gasteiger partial charge in [-0.2, -0.15) is 0 Å². The second-order valence-corrected chi connectivity index (χ2v) is 6.64. The largest absolute Gasteiger partial charge is 0.496 e. The highest BCUT2D eigenvalue weighted by Crippen LogP contribution is 2.31. The summed E-state index contributed by atoms with van der Waals surface area (Å²) >= 11 is 1.29. The Morgan fingerprint density at radius 2 is 2.04 bits per heavy atom. The van der Waals surface area contributed by atoms with Crippen molar-refractivity contribution in [2.45, 2.75) is 6.92 Å². The van der Waals surface area contributed by atoms with Crippen molar-refractivity contribution in [2.24, 2.45) is 0 Å². The second-order valence-electron chi connectivity index (χ2n) is 5.78. The van der Waals surface area contributed by atoms with Crippen molar-refractivity contribution in [3.8, 4) is 22.8 Å². The molecule has 0 fully saturated rings. The Labute approximate surface area is 164 Å². The van der Waals surface area contributed by atoms with Gasteiger partial charge >= 0.3 is 0 Å². The topological polar surface area (TPSA) is 104 Å². The predicted molar refractivity (Wildman–Crippen MR) is 106 cm³/mol. The van der Waals surface area contributed by atoms with Gasteiger partial charge in [0.15, 0.2) is 11.7 Å². The van der Waals surface area contributed by atoms with Gasteiger partial charge in [0.1, 0.15) is 11.5 Å². The van der Waals surface area contributed by atoms with Crippen LogP contribution in [0.1, 0.15) is 5.56 Å². The van der Waals surface area contributed by atoms with Gasteiger partial charge in [0, 0.05) is 23.1 Å². The molecule has 0 radical (unpaired) electrons. The number of methoxy groups -OCH3 is 1. The summed E-state index contributed by atoms with van der Waals surface area (Å²) in [6.45, 7) is 1.45. The Hall–Kier alpha value is -3.46. The van der Waals surface area contributed by atoms with Crippen molar-refractivity contribution in [3.63, 3.8) is 0 Å². The number of nitrogens with one attached hydrogen (secondary N) is 1. The van der Waals surface area contributed by atoms with Gasteiger partial charge in [-0.15, -0.1) is 11.3 Å². The number of nitrogens with zero attached hydrogens (tertiary/aromatic N) is 2. The molecule has 0 spiro atoms. The fraction of sp³-hybridized carbons (Fsp3) is 0.158. The van der Waals surface area contributed by atoms with Crippen molar-refractivity contribution in [1.29, 1.82) is 0 Å². The molecule has 0 saturated carbocycles. The van der Waals surface area contributed by atoms with Crippen molar-refractivity contribution < 1.29 is 19.2 Å². The number of nitro benzene ring substituents is 1. The van der Waals surface area contributed by atoms with E-state index in [2.05, 4.69) is 10.3 Å². The number of para-hydroxylation sites is 1. The Morgan fingerprint density at radius 3 is 2.75 bits per heavy atom. The lowest BCUT2D eigenvalue weighted by Gasteiger charge is -2.08. The molecule has 1 heterocycles. The number of ether oxygens (including phenoxy) is 2. The van der Waals surface area contributed by atoms with E-state index in [-0.39, 0.29) is 18.2 Å². The Morgan fingerprint density at radius 1 is 1.25 bits per heavy atom. The maximum absolute atomic E-state index is 12.1. The molecule has 144 valence electrons. The number of benzene rings is 2. The summed E-state index contributed by atoms with van der Waals surface area (Å²) in [5.41, 5.74) is 2.08. The summed E-state index contributed by atoms with van der Waals surface area (Å²) in [7, 11) is 1.59. The van der Waals surface area contributed by atoms with Crippen LogP contribution in [0.4, 0.5) is 10.8 Å². The van der Waals surface area contributed by atoms with Gasteiger partial charge in [0.2, 0.25) is 0 Å². The first-order chi connectivity index (χ1) is 13.5. The minimum Gasteiger partial charge on any atom is -0.496 e. The molecule has 0 bridgehead atoms. The highest BCUT2D eigenvalue weighted by molar-refractivity contribution is 7.14. The van der Waals surface area contributed by atoms with E-state index >= 15 is 0 Å². The third kappa shape index (κ3) is 4.44. The minimum atomic E-state index is -0.481. The van der Waals surface area contributed by atoms with Crippen LogP contribution in [0.5, 0.6) is 11.5 Å². The normalized spacial score (nSPS) is 10.4. The fourth-order valence-corrected chi connectivity index (χ4v) is 3.25. The summed E-state index contributed by atoms with van der Waals surface area (Å²) in [6.07, 6.45) is 0. The molecule has 0 unspecified atom stereocenters. The van der Waals surface area contributed by atoms with Gasteiger partial charge in [-0.3, -0.25) is 20.2 Å². The summed E-state index contributed by atoms with van der Waals surface area (Å²) in [6, 6.07) is 11.7. The number of hydrogen-bond acceptors (Lipinski definition) is 7. The first kappa shape index (κ1) is 19.3. The maximum Gasteiger partial charge on any atom is 0.269 e. The van der Waals surface area contributed by atoms with Crippen LogP contribution in [0.3, 0.4) is 0 Å². The van der Waals surface area contributed by atoms with E-state index in [1.807, 2.05) is 29.6 Å². The number of aryl methyl sites for hydroxylation is 1. The lowest BCUT2D eigenvalue weighted by molar-refractivity contribution is -0.384. The molecule has 1 aromatic heterocycles. The molecule has 0 aliphatic rings. The third-order valence-electron chi connectivity index (χ3n) is 3.86. The molecular weight excluding hydrogens is 382 g/mol. The van der Waals surface area contributed by atoms with E-state index < -0.39 is 4.92 Å². The van der Waals surface area contributed by atoms with Crippen molar-refractivity contribution >= 4 is 28.1 Å². The number of non-ortho nitro benzene ring substituents is 1. The smallest absolute Gasteiger partial charge is 0.269 e. The molecule has 0 saturated heterocycles. The molecule has 3 rings (SSSR count). The minimum absolute atomic E-state index is 0.0269. The Kier molecular flexibility index (Phi) is 5.85. The lowest BCUT2D eigenvalue weighted by atomic mass is 10.1. The molecular formula is C19H17N3O5S. The lowest BCUT2D eigenvalue weighted by Crippen LogP contribution is -2.20. The van der Waals surface area contributed by atoms with E-state index in [1.165, 1.54) is 29.5 Å². The van der Waals surface area contributed by atoms with Crippen LogP contribution in [0.2, 0.25) is 0 Å². The number of nitro groups is 1. The summed E-state index contributed by atoms with van der Waals surface area (Å²) in [4.78, 5) is 26.8. The highest BCUT2D eigenvalue weighted by Gasteiger charge is 2.13. The average molecular weight is 399 g/mol. The molecule has 8 nitrogen and oxygen atoms in total. The van der Waals surface area contributed by atoms with E-state index in [0.717, 1.165) is 5.56 Å². The number of carbonyl (C=O) groups is 1. The van der Waals surface area contributed by atoms with Gasteiger partial charge < -0.3 is 9.47 Å². The van der Waals surface area contributed by atoms with E-state index in [1.54, 1.807) is 14.0 Å². The monoisotopic (exact) mass is 399 g/mol. The number of hydrogen-bond donors (Lipinski definition) is 1. The molecule has 1 amide bonds. The van der Waals surface area contributed by atoms with Gasteiger partial charge in [0.05, 0.1) is 17.7 Å². The van der Waals surface area contributed by atoms with Crippen molar-refractivity contribution in [1.82, 2.24) is 4.98 Å². The first-order valence-corrected chi connectivity index (χ1v) is 9.12. The molecule has 3 aromatic rings. The van der Waals surface area contributed by atoms with Gasteiger partial charge in [0.25, 0.3) is 11.6 Å². The zero-order valence-electron chi connectivity index (χ0n) is 15.2. The molecule has 1 N–H and O–H groups in total. The van der Waals surface area contributed by atoms with Crippen LogP contribution in [0.15, 0.2) is 47.8 Å². The number of carbonyl (C=O) groups excluding carboxylic acids is 1. The van der Waals surface area contributed by atoms with Crippen molar-refractivity contribution in [3.05, 3.63) is 63.5 Å². The summed E-state index contributed by atoms with van der Waals surface area (Å²) in [5.74, 6) is 0.732. The SMILES string of the molecule is COc1ccccc1-c1csc(NC(=O)COc2ccc([N+](=O)[O-])cc2C)n1. The first-order valence-electron chi connectivity index (χ1n) is 8.24. The molecule has 9 heteroatoms. The van der Waals surface area contributed by atoms with Gasteiger partial charge in [-0.25, -0.2) is 4.98 Å². The quantitative estimate of drug-likeness (QED) is 0.475. The van der Waals surface area contributed by atoms with E-state index in [0.29, 0.717) is 27.9 Å². The van der Waals surface area contributed by atoms with Crippen LogP contribution in [-0.4, -0.2) is 29.5 Å². The molecule has 0 atom stereocenters. The zero-order chi connectivity index (χ0) is 20.1. The fourth-order valence-electron chi connectivity index (χ4n) is 2.52. The number of rotatable bonds is 7. The Balaban J connectivity index is 1.62. The van der Waals surface area contributed by atoms with E-state index in [9.17, 15) is 14.9 Å². The third-order valence-corrected chi connectivity index (χ3v) is 4.62. The molecule has 2 aromatic carbocycles. The van der Waals surface area contributed by atoms with Crippen LogP contribution in [0, 0.1) is 17.0 Å². The molecule has 0 aliphatic carbocycles. The van der Waals surface area contributed by atoms with Gasteiger partial charge in [-0.1, -0.05) is 12.1 Å². The van der Waals surface area contributed by atoms with Crippen LogP contribution in [0.25, 0.3) is 11.3 Å². The zero-order valence-corrected chi connectivity index (χ0v) is 16.0. The number of anilines is 1. The van der Waals surface area contributed by atoms with Crippen LogP contribution in [-0.2, 0) is 4.79 Å². The van der Waals surface area contributed by atoms with Gasteiger partial charge in [-0.05, 0) is 30.7 Å². The maximum atomic E-state index is 12.1. The molecule has 0 aliphatic heterocycles. The standard InChI is InChI=1S/C19H17N3O5S/c1-12-9-13(22(24)25)7-8-16(12)27-10-18(23)21-19-20-15(11-28-19)14-5-3-4-6-17(14)26-2/h3-9,11H,10H2,1-2H3,(H,20,21,23). The Bertz CT molecular complexity index is 1020. The second kappa shape index (κ2) is 8.49. The summed E-state index contributed by atoms with van der Waals surface area (Å²) in [5, 5.41) is 15.7. The van der Waals surface area contributed by atoms with E-state index in [4.69, 9.17) is 9.47 Å².